The zero-order valence-electron chi connectivity index (χ0n) is 44.8. The quantitative estimate of drug-likeness (QED) is 0.0215. The molecular formula is C58H113NO10. The van der Waals surface area contributed by atoms with Crippen LogP contribution in [0.3, 0.4) is 0 Å². The minimum atomic E-state index is -1.66. The third-order valence-corrected chi connectivity index (χ3v) is 14.6. The molecule has 1 amide bonds. The molecule has 0 aliphatic carbocycles. The molecule has 0 aromatic rings. The van der Waals surface area contributed by atoms with Crippen molar-refractivity contribution in [1.82, 2.24) is 5.32 Å². The predicted octanol–water partition coefficient (Wildman–Crippen LogP) is 12.4. The Balaban J connectivity index is 1.99. The van der Waals surface area contributed by atoms with Crippen LogP contribution in [0, 0.1) is 0 Å². The van der Waals surface area contributed by atoms with Gasteiger partial charge in [0.2, 0.25) is 5.91 Å². The maximum Gasteiger partial charge on any atom is 0.249 e. The van der Waals surface area contributed by atoms with E-state index < -0.39 is 74.2 Å². The van der Waals surface area contributed by atoms with Gasteiger partial charge in [0, 0.05) is 0 Å². The molecule has 1 aliphatic rings. The van der Waals surface area contributed by atoms with Gasteiger partial charge in [-0.3, -0.25) is 4.79 Å². The van der Waals surface area contributed by atoms with Crippen LogP contribution in [0.5, 0.6) is 0 Å². The van der Waals surface area contributed by atoms with Crippen molar-refractivity contribution >= 4 is 5.91 Å². The summed E-state index contributed by atoms with van der Waals surface area (Å²) in [4.78, 5) is 13.0. The largest absolute Gasteiger partial charge is 0.394 e. The maximum atomic E-state index is 13.0. The van der Waals surface area contributed by atoms with Crippen molar-refractivity contribution in [1.29, 1.82) is 0 Å². The summed E-state index contributed by atoms with van der Waals surface area (Å²) in [6, 6.07) is -1.16. The van der Waals surface area contributed by atoms with Crippen molar-refractivity contribution in [2.24, 2.45) is 0 Å². The lowest BCUT2D eigenvalue weighted by Crippen LogP contribution is -2.60. The Labute approximate surface area is 423 Å². The van der Waals surface area contributed by atoms with Gasteiger partial charge in [-0.15, -0.1) is 0 Å². The summed E-state index contributed by atoms with van der Waals surface area (Å²) < 4.78 is 11.0. The molecule has 1 saturated heterocycles. The smallest absolute Gasteiger partial charge is 0.249 e. The van der Waals surface area contributed by atoms with Crippen LogP contribution in [0.1, 0.15) is 284 Å². The highest BCUT2D eigenvalue weighted by molar-refractivity contribution is 5.80. The zero-order chi connectivity index (χ0) is 50.4. The van der Waals surface area contributed by atoms with E-state index in [0.717, 1.165) is 38.5 Å². The van der Waals surface area contributed by atoms with E-state index in [1.807, 2.05) is 0 Å². The molecule has 0 aromatic carbocycles. The number of ether oxygens (including phenoxy) is 2. The molecule has 1 aliphatic heterocycles. The molecule has 0 spiro atoms. The van der Waals surface area contributed by atoms with Crippen molar-refractivity contribution in [3.63, 3.8) is 0 Å². The van der Waals surface area contributed by atoms with E-state index in [0.29, 0.717) is 19.3 Å². The Kier molecular flexibility index (Phi) is 45.7. The van der Waals surface area contributed by atoms with Gasteiger partial charge in [0.25, 0.3) is 0 Å². The Morgan fingerprint density at radius 2 is 0.841 bits per heavy atom. The number of hydrogen-bond acceptors (Lipinski definition) is 10. The number of allylic oxidation sites excluding steroid dienone is 2. The molecule has 11 nitrogen and oxygen atoms in total. The highest BCUT2D eigenvalue weighted by Gasteiger charge is 2.44. The summed E-state index contributed by atoms with van der Waals surface area (Å²) in [5.41, 5.74) is 0. The first-order valence-corrected chi connectivity index (χ1v) is 29.6. The Hall–Kier alpha value is -1.15. The third-order valence-electron chi connectivity index (χ3n) is 14.6. The number of rotatable bonds is 51. The summed E-state index contributed by atoms with van der Waals surface area (Å²) in [5.74, 6) is -0.700. The van der Waals surface area contributed by atoms with E-state index in [-0.39, 0.29) is 6.42 Å². The van der Waals surface area contributed by atoms with E-state index >= 15 is 0 Å². The fraction of sp³-hybridized carbons (Fsp3) is 0.948. The summed E-state index contributed by atoms with van der Waals surface area (Å²) in [6.45, 7) is 3.32. The van der Waals surface area contributed by atoms with Gasteiger partial charge in [0.05, 0.1) is 25.4 Å². The van der Waals surface area contributed by atoms with Crippen LogP contribution in [0.2, 0.25) is 0 Å². The van der Waals surface area contributed by atoms with E-state index in [2.05, 4.69) is 31.3 Å². The Morgan fingerprint density at radius 1 is 0.493 bits per heavy atom. The van der Waals surface area contributed by atoms with Gasteiger partial charge >= 0.3 is 0 Å². The molecule has 1 fully saturated rings. The van der Waals surface area contributed by atoms with Crippen LogP contribution in [0.15, 0.2) is 12.2 Å². The van der Waals surface area contributed by atoms with Crippen LogP contribution in [-0.2, 0) is 14.3 Å². The monoisotopic (exact) mass is 984 g/mol. The number of aliphatic hydroxyl groups is 7. The van der Waals surface area contributed by atoms with E-state index in [1.54, 1.807) is 0 Å². The average molecular weight is 985 g/mol. The average Bonchev–Trinajstić information content (AvgIpc) is 3.35. The molecule has 410 valence electrons. The number of nitrogens with one attached hydrogen (secondary N) is 1. The fourth-order valence-corrected chi connectivity index (χ4v) is 9.73. The number of amides is 1. The lowest BCUT2D eigenvalue weighted by Gasteiger charge is -2.40. The van der Waals surface area contributed by atoms with Crippen molar-refractivity contribution in [2.45, 2.75) is 339 Å². The van der Waals surface area contributed by atoms with Crippen LogP contribution in [0.25, 0.3) is 0 Å². The standard InChI is InChI=1S/C58H113NO10/c1-3-5-7-9-10-11-12-13-14-15-16-17-18-19-20-21-22-23-24-25-26-27-28-29-30-31-32-33-34-35-36-37-38-39-40-41-42-44-46-51(62)57(67)59-49(53(63)50(61)45-43-8-6-4-2)48-68-58-56(66)55(65)54(64)52(47-60)69-58/h25-26,49-56,58,60-66H,3-24,27-48H2,1-2H3,(H,59,67)/b26-25-. The summed E-state index contributed by atoms with van der Waals surface area (Å²) in [7, 11) is 0. The third kappa shape index (κ3) is 36.4. The van der Waals surface area contributed by atoms with Gasteiger partial charge in [-0.2, -0.15) is 0 Å². The number of carbonyl (C=O) groups is 1. The summed E-state index contributed by atoms with van der Waals surface area (Å²) in [5, 5.41) is 75.1. The molecule has 9 unspecified atom stereocenters. The molecule has 0 radical (unpaired) electrons. The van der Waals surface area contributed by atoms with Crippen LogP contribution < -0.4 is 5.32 Å². The van der Waals surface area contributed by atoms with Gasteiger partial charge < -0.3 is 50.5 Å². The Bertz CT molecular complexity index is 1130. The second-order valence-electron chi connectivity index (χ2n) is 21.1. The Morgan fingerprint density at radius 3 is 1.23 bits per heavy atom. The van der Waals surface area contributed by atoms with Gasteiger partial charge in [0.15, 0.2) is 6.29 Å². The summed E-state index contributed by atoms with van der Waals surface area (Å²) >= 11 is 0. The highest BCUT2D eigenvalue weighted by atomic mass is 16.7. The topological polar surface area (TPSA) is 189 Å². The predicted molar refractivity (Wildman–Crippen MR) is 284 cm³/mol. The normalized spacial score (nSPS) is 20.4. The maximum absolute atomic E-state index is 13.0. The number of aliphatic hydroxyl groups excluding tert-OH is 7. The number of unbranched alkanes of at least 4 members (excludes halogenated alkanes) is 37. The fourth-order valence-electron chi connectivity index (χ4n) is 9.73. The molecule has 0 bridgehead atoms. The highest BCUT2D eigenvalue weighted by Crippen LogP contribution is 2.23. The van der Waals surface area contributed by atoms with Gasteiger partial charge in [-0.25, -0.2) is 0 Å². The SMILES string of the molecule is CCCCCCCCCCCCCCCCCCCC/C=C\CCCCCCCCCCCCCCCCCCC(O)C(=O)NC(COC1OC(CO)C(O)C(O)C1O)C(O)C(O)CCCCCC. The van der Waals surface area contributed by atoms with Crippen molar-refractivity contribution < 1.29 is 50.0 Å². The van der Waals surface area contributed by atoms with E-state index in [4.69, 9.17) is 9.47 Å². The molecule has 8 N–H and O–H groups in total. The van der Waals surface area contributed by atoms with Crippen LogP contribution >= 0.6 is 0 Å². The lowest BCUT2D eigenvalue weighted by molar-refractivity contribution is -0.303. The van der Waals surface area contributed by atoms with Gasteiger partial charge in [-0.1, -0.05) is 257 Å². The van der Waals surface area contributed by atoms with Crippen molar-refractivity contribution in [3.8, 4) is 0 Å². The first-order valence-electron chi connectivity index (χ1n) is 29.6. The number of carbonyl (C=O) groups excluding carboxylic acids is 1. The summed E-state index contributed by atoms with van der Waals surface area (Å²) in [6.07, 6.45) is 45.6. The zero-order valence-corrected chi connectivity index (χ0v) is 44.8. The minimum absolute atomic E-state index is 0.263. The van der Waals surface area contributed by atoms with Crippen molar-refractivity contribution in [3.05, 3.63) is 12.2 Å². The molecule has 69 heavy (non-hydrogen) atoms. The molecular weight excluding hydrogens is 871 g/mol. The second-order valence-corrected chi connectivity index (χ2v) is 21.1. The number of hydrogen-bond donors (Lipinski definition) is 8. The molecule has 1 heterocycles. The van der Waals surface area contributed by atoms with Crippen LogP contribution in [0.4, 0.5) is 0 Å². The first-order chi connectivity index (χ1) is 33.7. The van der Waals surface area contributed by atoms with E-state index in [9.17, 15) is 40.5 Å². The minimum Gasteiger partial charge on any atom is -0.394 e. The van der Waals surface area contributed by atoms with Crippen LogP contribution in [-0.4, -0.2) is 110 Å². The molecule has 9 atom stereocenters. The van der Waals surface area contributed by atoms with Gasteiger partial charge in [0.1, 0.15) is 36.6 Å². The van der Waals surface area contributed by atoms with Gasteiger partial charge in [-0.05, 0) is 38.5 Å². The van der Waals surface area contributed by atoms with E-state index in [1.165, 1.54) is 205 Å². The lowest BCUT2D eigenvalue weighted by atomic mass is 9.98. The molecule has 0 aromatic heterocycles. The molecule has 0 saturated carbocycles. The molecule has 11 heteroatoms. The molecule has 1 rings (SSSR count). The second kappa shape index (κ2) is 47.8. The first kappa shape index (κ1) is 65.9. The van der Waals surface area contributed by atoms with Crippen molar-refractivity contribution in [2.75, 3.05) is 13.2 Å².